The van der Waals surface area contributed by atoms with Gasteiger partial charge in [-0.3, -0.25) is 0 Å². The zero-order valence-electron chi connectivity index (χ0n) is 10.1. The van der Waals surface area contributed by atoms with Crippen LogP contribution in [-0.2, 0) is 11.3 Å². The second-order valence-corrected chi connectivity index (χ2v) is 4.12. The molecular formula is C13H21NO2. The standard InChI is InChI=1S/C13H21NO2/c1-11(2)16-9-3-8-14-10-12-4-6-13(15)7-5-12/h4-7,11,14-15H,3,8-10H2,1-2H3. The van der Waals surface area contributed by atoms with Crippen LogP contribution in [0, 0.1) is 0 Å². The average molecular weight is 223 g/mol. The van der Waals surface area contributed by atoms with Crippen molar-refractivity contribution in [1.29, 1.82) is 0 Å². The van der Waals surface area contributed by atoms with E-state index in [0.29, 0.717) is 11.9 Å². The maximum Gasteiger partial charge on any atom is 0.115 e. The zero-order valence-corrected chi connectivity index (χ0v) is 10.1. The molecule has 0 saturated carbocycles. The lowest BCUT2D eigenvalue weighted by atomic mass is 10.2. The van der Waals surface area contributed by atoms with Gasteiger partial charge in [-0.25, -0.2) is 0 Å². The van der Waals surface area contributed by atoms with Crippen LogP contribution in [0.1, 0.15) is 25.8 Å². The molecule has 0 heterocycles. The Labute approximate surface area is 97.4 Å². The highest BCUT2D eigenvalue weighted by Gasteiger charge is 1.94. The number of rotatable bonds is 7. The first-order chi connectivity index (χ1) is 7.68. The first-order valence-electron chi connectivity index (χ1n) is 5.78. The van der Waals surface area contributed by atoms with Gasteiger partial charge in [-0.1, -0.05) is 12.1 Å². The highest BCUT2D eigenvalue weighted by molar-refractivity contribution is 5.25. The van der Waals surface area contributed by atoms with E-state index >= 15 is 0 Å². The molecule has 0 amide bonds. The van der Waals surface area contributed by atoms with Gasteiger partial charge in [-0.05, 0) is 44.5 Å². The maximum atomic E-state index is 9.11. The van der Waals surface area contributed by atoms with Gasteiger partial charge in [0.2, 0.25) is 0 Å². The molecule has 0 aliphatic heterocycles. The van der Waals surface area contributed by atoms with E-state index in [1.807, 2.05) is 26.0 Å². The summed E-state index contributed by atoms with van der Waals surface area (Å²) in [5.41, 5.74) is 1.18. The van der Waals surface area contributed by atoms with Crippen LogP contribution in [0.25, 0.3) is 0 Å². The molecule has 1 aromatic rings. The molecule has 0 atom stereocenters. The summed E-state index contributed by atoms with van der Waals surface area (Å²) in [4.78, 5) is 0. The molecule has 0 radical (unpaired) electrons. The third-order valence-electron chi connectivity index (χ3n) is 2.21. The Bertz CT molecular complexity index is 282. The first-order valence-corrected chi connectivity index (χ1v) is 5.78. The normalized spacial score (nSPS) is 10.9. The minimum absolute atomic E-state index is 0.314. The number of ether oxygens (including phenoxy) is 1. The van der Waals surface area contributed by atoms with E-state index in [-0.39, 0.29) is 0 Å². The lowest BCUT2D eigenvalue weighted by Gasteiger charge is -2.08. The predicted octanol–water partition coefficient (Wildman–Crippen LogP) is 2.30. The highest BCUT2D eigenvalue weighted by atomic mass is 16.5. The Morgan fingerprint density at radius 1 is 1.25 bits per heavy atom. The summed E-state index contributed by atoms with van der Waals surface area (Å²) in [6.07, 6.45) is 1.34. The van der Waals surface area contributed by atoms with Crippen LogP contribution in [0.2, 0.25) is 0 Å². The van der Waals surface area contributed by atoms with Crippen molar-refractivity contribution in [3.63, 3.8) is 0 Å². The lowest BCUT2D eigenvalue weighted by Crippen LogP contribution is -2.17. The van der Waals surface area contributed by atoms with E-state index in [2.05, 4.69) is 5.32 Å². The topological polar surface area (TPSA) is 41.5 Å². The number of hydrogen-bond donors (Lipinski definition) is 2. The van der Waals surface area contributed by atoms with E-state index in [4.69, 9.17) is 9.84 Å². The van der Waals surface area contributed by atoms with Gasteiger partial charge in [0.05, 0.1) is 6.10 Å². The molecule has 0 fully saturated rings. The molecule has 0 aromatic heterocycles. The minimum atomic E-state index is 0.314. The van der Waals surface area contributed by atoms with Crippen molar-refractivity contribution in [2.75, 3.05) is 13.2 Å². The summed E-state index contributed by atoms with van der Waals surface area (Å²) in [7, 11) is 0. The number of phenolic OH excluding ortho intramolecular Hbond substituents is 1. The van der Waals surface area contributed by atoms with Crippen LogP contribution in [0.15, 0.2) is 24.3 Å². The number of phenols is 1. The Hall–Kier alpha value is -1.06. The zero-order chi connectivity index (χ0) is 11.8. The number of hydrogen-bond acceptors (Lipinski definition) is 3. The maximum absolute atomic E-state index is 9.11. The fraction of sp³-hybridized carbons (Fsp3) is 0.538. The molecule has 0 spiro atoms. The third-order valence-corrected chi connectivity index (χ3v) is 2.21. The quantitative estimate of drug-likeness (QED) is 0.697. The molecule has 0 saturated heterocycles. The van der Waals surface area contributed by atoms with Crippen molar-refractivity contribution in [3.8, 4) is 5.75 Å². The van der Waals surface area contributed by atoms with Crippen molar-refractivity contribution in [2.45, 2.75) is 32.9 Å². The van der Waals surface area contributed by atoms with Crippen molar-refractivity contribution in [2.24, 2.45) is 0 Å². The minimum Gasteiger partial charge on any atom is -0.508 e. The molecule has 2 N–H and O–H groups in total. The molecule has 3 heteroatoms. The third kappa shape index (κ3) is 5.73. The van der Waals surface area contributed by atoms with Gasteiger partial charge in [-0.15, -0.1) is 0 Å². The van der Waals surface area contributed by atoms with Crippen molar-refractivity contribution >= 4 is 0 Å². The number of nitrogens with one attached hydrogen (secondary N) is 1. The van der Waals surface area contributed by atoms with E-state index in [0.717, 1.165) is 26.1 Å². The lowest BCUT2D eigenvalue weighted by molar-refractivity contribution is 0.0770. The van der Waals surface area contributed by atoms with Gasteiger partial charge in [0.15, 0.2) is 0 Å². The van der Waals surface area contributed by atoms with Crippen LogP contribution in [0.4, 0.5) is 0 Å². The smallest absolute Gasteiger partial charge is 0.115 e. The van der Waals surface area contributed by atoms with Crippen LogP contribution in [0.3, 0.4) is 0 Å². The SMILES string of the molecule is CC(C)OCCCNCc1ccc(O)cc1. The molecule has 3 nitrogen and oxygen atoms in total. The summed E-state index contributed by atoms with van der Waals surface area (Å²) in [5.74, 6) is 0.314. The summed E-state index contributed by atoms with van der Waals surface area (Å²) in [6, 6.07) is 7.26. The van der Waals surface area contributed by atoms with Crippen LogP contribution in [0.5, 0.6) is 5.75 Å². The van der Waals surface area contributed by atoms with Gasteiger partial charge in [0, 0.05) is 13.2 Å². The van der Waals surface area contributed by atoms with E-state index in [1.165, 1.54) is 5.56 Å². The van der Waals surface area contributed by atoms with E-state index in [1.54, 1.807) is 12.1 Å². The second kappa shape index (κ2) is 7.25. The molecule has 0 aliphatic carbocycles. The fourth-order valence-corrected chi connectivity index (χ4v) is 1.36. The molecule has 0 bridgehead atoms. The molecule has 0 aliphatic rings. The number of aromatic hydroxyl groups is 1. The summed E-state index contributed by atoms with van der Waals surface area (Å²) in [5, 5.41) is 12.4. The molecular weight excluding hydrogens is 202 g/mol. The first kappa shape index (κ1) is 13.0. The average Bonchev–Trinajstić information content (AvgIpc) is 2.25. The second-order valence-electron chi connectivity index (χ2n) is 4.12. The van der Waals surface area contributed by atoms with Gasteiger partial charge >= 0.3 is 0 Å². The van der Waals surface area contributed by atoms with Crippen molar-refractivity contribution in [3.05, 3.63) is 29.8 Å². The number of benzene rings is 1. The van der Waals surface area contributed by atoms with E-state index < -0.39 is 0 Å². The van der Waals surface area contributed by atoms with Crippen molar-refractivity contribution in [1.82, 2.24) is 5.32 Å². The van der Waals surface area contributed by atoms with Gasteiger partial charge in [-0.2, -0.15) is 0 Å². The monoisotopic (exact) mass is 223 g/mol. The van der Waals surface area contributed by atoms with Crippen molar-refractivity contribution < 1.29 is 9.84 Å². The van der Waals surface area contributed by atoms with Crippen LogP contribution < -0.4 is 5.32 Å². The predicted molar refractivity (Wildman–Crippen MR) is 65.5 cm³/mol. The Balaban J connectivity index is 2.05. The van der Waals surface area contributed by atoms with Gasteiger partial charge in [0.25, 0.3) is 0 Å². The molecule has 1 aromatic carbocycles. The molecule has 90 valence electrons. The Morgan fingerprint density at radius 3 is 2.56 bits per heavy atom. The summed E-state index contributed by atoms with van der Waals surface area (Å²) >= 11 is 0. The summed E-state index contributed by atoms with van der Waals surface area (Å²) < 4.78 is 5.44. The molecule has 0 unspecified atom stereocenters. The molecule has 1 rings (SSSR count). The van der Waals surface area contributed by atoms with Crippen LogP contribution >= 0.6 is 0 Å². The molecule has 16 heavy (non-hydrogen) atoms. The summed E-state index contributed by atoms with van der Waals surface area (Å²) in [6.45, 7) is 6.68. The highest BCUT2D eigenvalue weighted by Crippen LogP contribution is 2.08. The van der Waals surface area contributed by atoms with Gasteiger partial charge < -0.3 is 15.2 Å². The Morgan fingerprint density at radius 2 is 1.94 bits per heavy atom. The Kier molecular flexibility index (Phi) is 5.90. The fourth-order valence-electron chi connectivity index (χ4n) is 1.36. The van der Waals surface area contributed by atoms with Crippen LogP contribution in [-0.4, -0.2) is 24.4 Å². The largest absolute Gasteiger partial charge is 0.508 e. The van der Waals surface area contributed by atoms with E-state index in [9.17, 15) is 0 Å². The van der Waals surface area contributed by atoms with Gasteiger partial charge in [0.1, 0.15) is 5.75 Å².